The van der Waals surface area contributed by atoms with Crippen LogP contribution in [0.5, 0.6) is 0 Å². The first-order chi connectivity index (χ1) is 13.2. The average molecular weight is 367 g/mol. The van der Waals surface area contributed by atoms with Crippen LogP contribution >= 0.6 is 0 Å². The molecule has 1 aliphatic rings. The molecular weight excluding hydrogens is 338 g/mol. The maximum Gasteiger partial charge on any atom is 0.239 e. The van der Waals surface area contributed by atoms with Gasteiger partial charge in [-0.25, -0.2) is 0 Å². The number of carbonyl (C=O) groups is 2. The topological polar surface area (TPSA) is 61.4 Å². The number of rotatable bonds is 7. The van der Waals surface area contributed by atoms with Crippen LogP contribution < -0.4 is 10.6 Å². The molecule has 2 aromatic carbocycles. The average Bonchev–Trinajstić information content (AvgIpc) is 2.68. The van der Waals surface area contributed by atoms with Gasteiger partial charge in [0.25, 0.3) is 0 Å². The second kappa shape index (κ2) is 9.51. The second-order valence-corrected chi connectivity index (χ2v) is 7.28. The lowest BCUT2D eigenvalue weighted by Crippen LogP contribution is -2.47. The molecule has 0 aliphatic carbocycles. The van der Waals surface area contributed by atoms with Gasteiger partial charge in [-0.15, -0.1) is 0 Å². The quantitative estimate of drug-likeness (QED) is 0.790. The monoisotopic (exact) mass is 367 g/mol. The van der Waals surface area contributed by atoms with Crippen molar-refractivity contribution in [2.75, 3.05) is 26.2 Å². The summed E-state index contributed by atoms with van der Waals surface area (Å²) >= 11 is 0. The molecule has 0 bridgehead atoms. The van der Waals surface area contributed by atoms with Crippen LogP contribution in [0.4, 0.5) is 0 Å². The van der Waals surface area contributed by atoms with Crippen LogP contribution in [0.3, 0.4) is 0 Å². The van der Waals surface area contributed by atoms with Crippen LogP contribution in [0, 0.1) is 0 Å². The SMILES string of the molecule is CCCN1CCC(NC(=O)CNC(=O)Cc2cccc3ccccc23)CC1. The number of amides is 2. The summed E-state index contributed by atoms with van der Waals surface area (Å²) in [5.74, 6) is -0.227. The molecule has 27 heavy (non-hydrogen) atoms. The van der Waals surface area contributed by atoms with Crippen LogP contribution in [0.25, 0.3) is 10.8 Å². The Morgan fingerprint density at radius 1 is 1.04 bits per heavy atom. The molecule has 0 radical (unpaired) electrons. The van der Waals surface area contributed by atoms with E-state index in [0.29, 0.717) is 0 Å². The fraction of sp³-hybridized carbons (Fsp3) is 0.455. The zero-order valence-corrected chi connectivity index (χ0v) is 16.0. The number of piperidine rings is 1. The number of fused-ring (bicyclic) bond motifs is 1. The first-order valence-electron chi connectivity index (χ1n) is 9.90. The van der Waals surface area contributed by atoms with Crippen molar-refractivity contribution in [3.63, 3.8) is 0 Å². The normalized spacial score (nSPS) is 15.6. The van der Waals surface area contributed by atoms with Gasteiger partial charge in [-0.2, -0.15) is 0 Å². The van der Waals surface area contributed by atoms with Crippen molar-refractivity contribution < 1.29 is 9.59 Å². The predicted molar refractivity (Wildman–Crippen MR) is 109 cm³/mol. The summed E-state index contributed by atoms with van der Waals surface area (Å²) in [6, 6.07) is 14.2. The van der Waals surface area contributed by atoms with Gasteiger partial charge >= 0.3 is 0 Å². The maximum atomic E-state index is 12.3. The fourth-order valence-electron chi connectivity index (χ4n) is 3.76. The van der Waals surface area contributed by atoms with Gasteiger partial charge in [0.15, 0.2) is 0 Å². The molecule has 1 fully saturated rings. The van der Waals surface area contributed by atoms with E-state index in [-0.39, 0.29) is 30.8 Å². The number of nitrogens with one attached hydrogen (secondary N) is 2. The molecule has 1 heterocycles. The number of hydrogen-bond donors (Lipinski definition) is 2. The fourth-order valence-corrected chi connectivity index (χ4v) is 3.76. The molecule has 5 heteroatoms. The van der Waals surface area contributed by atoms with Gasteiger partial charge in [0, 0.05) is 19.1 Å². The summed E-state index contributed by atoms with van der Waals surface area (Å²) in [7, 11) is 0. The van der Waals surface area contributed by atoms with E-state index in [9.17, 15) is 9.59 Å². The minimum atomic E-state index is -0.126. The molecule has 0 spiro atoms. The van der Waals surface area contributed by atoms with E-state index in [2.05, 4.69) is 22.5 Å². The van der Waals surface area contributed by atoms with E-state index in [1.54, 1.807) is 0 Å². The summed E-state index contributed by atoms with van der Waals surface area (Å²) in [6.45, 7) is 5.43. The zero-order chi connectivity index (χ0) is 19.1. The molecule has 2 aromatic rings. The number of likely N-dealkylation sites (tertiary alicyclic amines) is 1. The van der Waals surface area contributed by atoms with Gasteiger partial charge in [0.2, 0.25) is 11.8 Å². The highest BCUT2D eigenvalue weighted by Crippen LogP contribution is 2.18. The lowest BCUT2D eigenvalue weighted by atomic mass is 10.0. The summed E-state index contributed by atoms with van der Waals surface area (Å²) in [5, 5.41) is 8.01. The van der Waals surface area contributed by atoms with Crippen molar-refractivity contribution in [2.24, 2.45) is 0 Å². The Bertz CT molecular complexity index is 777. The lowest BCUT2D eigenvalue weighted by molar-refractivity contribution is -0.126. The van der Waals surface area contributed by atoms with Gasteiger partial charge in [0.1, 0.15) is 0 Å². The van der Waals surface area contributed by atoms with Crippen molar-refractivity contribution in [3.05, 3.63) is 48.0 Å². The number of benzene rings is 2. The van der Waals surface area contributed by atoms with Crippen molar-refractivity contribution in [2.45, 2.75) is 38.6 Å². The first-order valence-corrected chi connectivity index (χ1v) is 9.90. The summed E-state index contributed by atoms with van der Waals surface area (Å²) in [5.41, 5.74) is 0.981. The van der Waals surface area contributed by atoms with E-state index in [0.717, 1.165) is 48.8 Å². The summed E-state index contributed by atoms with van der Waals surface area (Å²) < 4.78 is 0. The Labute approximate surface area is 161 Å². The number of nitrogens with zero attached hydrogens (tertiary/aromatic N) is 1. The molecule has 0 saturated carbocycles. The van der Waals surface area contributed by atoms with E-state index in [1.807, 2.05) is 42.5 Å². The van der Waals surface area contributed by atoms with Crippen LogP contribution in [0.2, 0.25) is 0 Å². The second-order valence-electron chi connectivity index (χ2n) is 7.28. The van der Waals surface area contributed by atoms with Crippen molar-refractivity contribution in [3.8, 4) is 0 Å². The largest absolute Gasteiger partial charge is 0.352 e. The molecule has 0 aromatic heterocycles. The van der Waals surface area contributed by atoms with Crippen LogP contribution in [0.1, 0.15) is 31.7 Å². The smallest absolute Gasteiger partial charge is 0.239 e. The minimum absolute atomic E-state index is 0.0405. The molecule has 0 atom stereocenters. The number of carbonyl (C=O) groups excluding carboxylic acids is 2. The first kappa shape index (κ1) is 19.4. The number of hydrogen-bond acceptors (Lipinski definition) is 3. The standard InChI is InChI=1S/C22H29N3O2/c1-2-12-25-13-10-19(11-14-25)24-22(27)16-23-21(26)15-18-8-5-7-17-6-3-4-9-20(17)18/h3-9,19H,2,10-16H2,1H3,(H,23,26)(H,24,27). The van der Waals surface area contributed by atoms with E-state index in [1.165, 1.54) is 6.42 Å². The van der Waals surface area contributed by atoms with Gasteiger partial charge in [-0.05, 0) is 42.1 Å². The molecule has 1 aliphatic heterocycles. The van der Waals surface area contributed by atoms with Crippen LogP contribution in [-0.2, 0) is 16.0 Å². The van der Waals surface area contributed by atoms with Gasteiger partial charge in [0.05, 0.1) is 13.0 Å². The predicted octanol–water partition coefficient (Wildman–Crippen LogP) is 2.49. The van der Waals surface area contributed by atoms with E-state index < -0.39 is 0 Å². The third-order valence-corrected chi connectivity index (χ3v) is 5.17. The Kier molecular flexibility index (Phi) is 6.82. The molecule has 2 amide bonds. The van der Waals surface area contributed by atoms with Gasteiger partial charge in [-0.3, -0.25) is 9.59 Å². The third-order valence-electron chi connectivity index (χ3n) is 5.17. The van der Waals surface area contributed by atoms with Crippen LogP contribution in [0.15, 0.2) is 42.5 Å². The highest BCUT2D eigenvalue weighted by molar-refractivity contribution is 5.91. The van der Waals surface area contributed by atoms with Crippen molar-refractivity contribution >= 4 is 22.6 Å². The third kappa shape index (κ3) is 5.54. The molecular formula is C22H29N3O2. The lowest BCUT2D eigenvalue weighted by Gasteiger charge is -2.32. The Morgan fingerprint density at radius 2 is 1.78 bits per heavy atom. The molecule has 0 unspecified atom stereocenters. The van der Waals surface area contributed by atoms with Crippen molar-refractivity contribution in [1.82, 2.24) is 15.5 Å². The van der Waals surface area contributed by atoms with Gasteiger partial charge < -0.3 is 15.5 Å². The molecule has 5 nitrogen and oxygen atoms in total. The minimum Gasteiger partial charge on any atom is -0.352 e. The van der Waals surface area contributed by atoms with Crippen molar-refractivity contribution in [1.29, 1.82) is 0 Å². The van der Waals surface area contributed by atoms with Gasteiger partial charge in [-0.1, -0.05) is 49.4 Å². The molecule has 1 saturated heterocycles. The summed E-state index contributed by atoms with van der Waals surface area (Å²) in [4.78, 5) is 26.9. The maximum absolute atomic E-state index is 12.3. The summed E-state index contributed by atoms with van der Waals surface area (Å²) in [6.07, 6.45) is 3.41. The van der Waals surface area contributed by atoms with E-state index >= 15 is 0 Å². The Hall–Kier alpha value is -2.40. The van der Waals surface area contributed by atoms with Crippen LogP contribution in [-0.4, -0.2) is 48.9 Å². The highest BCUT2D eigenvalue weighted by atomic mass is 16.2. The Balaban J connectivity index is 1.43. The molecule has 3 rings (SSSR count). The highest BCUT2D eigenvalue weighted by Gasteiger charge is 2.20. The van der Waals surface area contributed by atoms with E-state index in [4.69, 9.17) is 0 Å². The molecule has 144 valence electrons. The molecule has 2 N–H and O–H groups in total. The Morgan fingerprint density at radius 3 is 2.56 bits per heavy atom. The zero-order valence-electron chi connectivity index (χ0n) is 16.0.